The Morgan fingerprint density at radius 1 is 1.45 bits per heavy atom. The summed E-state index contributed by atoms with van der Waals surface area (Å²) >= 11 is 16.2. The third-order valence-electron chi connectivity index (χ3n) is 1.09. The Kier molecular flexibility index (Phi) is 4.89. The van der Waals surface area contributed by atoms with Crippen molar-refractivity contribution in [3.05, 3.63) is 9.52 Å². The first-order valence-corrected chi connectivity index (χ1v) is 4.01. The molecule has 5 heteroatoms. The molecular formula is C6H7Cl3O2. The van der Waals surface area contributed by atoms with E-state index < -0.39 is 5.97 Å². The minimum atomic E-state index is -0.926. The summed E-state index contributed by atoms with van der Waals surface area (Å²) in [7, 11) is 0. The average Bonchev–Trinajstić information content (AvgIpc) is 1.84. The predicted molar refractivity (Wildman–Crippen MR) is 46.0 cm³/mol. The first-order valence-electron chi connectivity index (χ1n) is 2.87. The van der Waals surface area contributed by atoms with E-state index in [2.05, 4.69) is 0 Å². The van der Waals surface area contributed by atoms with Crippen LogP contribution in [-0.4, -0.2) is 11.1 Å². The Balaban J connectivity index is 4.15. The van der Waals surface area contributed by atoms with Crippen LogP contribution >= 0.6 is 34.8 Å². The number of hydrogen-bond acceptors (Lipinski definition) is 1. The van der Waals surface area contributed by atoms with Crippen molar-refractivity contribution in [2.75, 3.05) is 0 Å². The predicted octanol–water partition coefficient (Wildman–Crippen LogP) is 2.98. The average molecular weight is 217 g/mol. The molecule has 2 nitrogen and oxygen atoms in total. The molecule has 0 aromatic heterocycles. The van der Waals surface area contributed by atoms with Gasteiger partial charge in [0.25, 0.3) is 0 Å². The zero-order valence-electron chi connectivity index (χ0n) is 5.77. The van der Waals surface area contributed by atoms with Gasteiger partial charge in [-0.2, -0.15) is 0 Å². The lowest BCUT2D eigenvalue weighted by Crippen LogP contribution is -2.04. The smallest absolute Gasteiger partial charge is 0.303 e. The summed E-state index contributed by atoms with van der Waals surface area (Å²) in [6.07, 6.45) is -0.0677. The number of carbonyl (C=O) groups is 1. The van der Waals surface area contributed by atoms with Crippen LogP contribution in [0.15, 0.2) is 9.52 Å². The standard InChI is InChI=1S/C6H7Cl3O2/c1-3(2-4(10)11)5(7)6(8)9/h3H,2H2,1H3,(H,10,11). The fourth-order valence-electron chi connectivity index (χ4n) is 0.538. The van der Waals surface area contributed by atoms with E-state index in [0.29, 0.717) is 0 Å². The van der Waals surface area contributed by atoms with Crippen LogP contribution in [0.3, 0.4) is 0 Å². The van der Waals surface area contributed by atoms with E-state index >= 15 is 0 Å². The largest absolute Gasteiger partial charge is 0.481 e. The van der Waals surface area contributed by atoms with Gasteiger partial charge in [0, 0.05) is 5.92 Å². The van der Waals surface area contributed by atoms with Gasteiger partial charge in [-0.05, 0) is 0 Å². The van der Waals surface area contributed by atoms with Gasteiger partial charge in [-0.25, -0.2) is 0 Å². The lowest BCUT2D eigenvalue weighted by molar-refractivity contribution is -0.137. The molecule has 0 bridgehead atoms. The molecule has 0 fully saturated rings. The van der Waals surface area contributed by atoms with Gasteiger partial charge in [0.1, 0.15) is 4.49 Å². The minimum absolute atomic E-state index is 0.0677. The van der Waals surface area contributed by atoms with E-state index in [4.69, 9.17) is 39.9 Å². The highest BCUT2D eigenvalue weighted by Crippen LogP contribution is 2.26. The molecule has 11 heavy (non-hydrogen) atoms. The lowest BCUT2D eigenvalue weighted by atomic mass is 10.1. The Morgan fingerprint density at radius 2 is 1.91 bits per heavy atom. The molecule has 1 atom stereocenters. The Labute approximate surface area is 79.7 Å². The Hall–Kier alpha value is 0.0800. The summed E-state index contributed by atoms with van der Waals surface area (Å²) in [5.41, 5.74) is 0. The zero-order valence-corrected chi connectivity index (χ0v) is 8.04. The molecule has 64 valence electrons. The summed E-state index contributed by atoms with van der Waals surface area (Å²) in [6, 6.07) is 0. The molecule has 1 N–H and O–H groups in total. The molecule has 0 saturated carbocycles. The molecule has 0 amide bonds. The van der Waals surface area contributed by atoms with E-state index in [-0.39, 0.29) is 21.9 Å². The fraction of sp³-hybridized carbons (Fsp3) is 0.500. The topological polar surface area (TPSA) is 37.3 Å². The molecule has 0 aliphatic heterocycles. The number of aliphatic carboxylic acids is 1. The molecule has 0 aliphatic carbocycles. The number of hydrogen-bond donors (Lipinski definition) is 1. The second-order valence-corrected chi connectivity index (χ2v) is 3.46. The van der Waals surface area contributed by atoms with Gasteiger partial charge in [0.2, 0.25) is 0 Å². The van der Waals surface area contributed by atoms with Crippen molar-refractivity contribution < 1.29 is 9.90 Å². The van der Waals surface area contributed by atoms with Gasteiger partial charge < -0.3 is 5.11 Å². The van der Waals surface area contributed by atoms with Crippen LogP contribution in [0.1, 0.15) is 13.3 Å². The molecule has 0 aromatic carbocycles. The van der Waals surface area contributed by atoms with Gasteiger partial charge in [-0.1, -0.05) is 41.7 Å². The van der Waals surface area contributed by atoms with Gasteiger partial charge in [0.15, 0.2) is 0 Å². The Morgan fingerprint density at radius 3 is 2.18 bits per heavy atom. The minimum Gasteiger partial charge on any atom is -0.481 e. The highest BCUT2D eigenvalue weighted by Gasteiger charge is 2.13. The van der Waals surface area contributed by atoms with Crippen LogP contribution in [0.4, 0.5) is 0 Å². The van der Waals surface area contributed by atoms with Crippen LogP contribution in [-0.2, 0) is 4.79 Å². The highest BCUT2D eigenvalue weighted by atomic mass is 35.5. The van der Waals surface area contributed by atoms with Crippen LogP contribution in [0.2, 0.25) is 0 Å². The third kappa shape index (κ3) is 4.51. The summed E-state index contributed by atoms with van der Waals surface area (Å²) in [4.78, 5) is 10.2. The second kappa shape index (κ2) is 4.86. The van der Waals surface area contributed by atoms with Crippen molar-refractivity contribution in [3.8, 4) is 0 Å². The lowest BCUT2D eigenvalue weighted by Gasteiger charge is -2.05. The maximum atomic E-state index is 10.2. The first kappa shape index (κ1) is 11.1. The Bertz CT molecular complexity index is 184. The molecule has 0 rings (SSSR count). The number of halogens is 3. The number of carboxylic acid groups (broad SMARTS) is 1. The summed E-state index contributed by atoms with van der Waals surface area (Å²) in [5.74, 6) is -1.26. The van der Waals surface area contributed by atoms with E-state index in [9.17, 15) is 4.79 Å². The molecule has 0 spiro atoms. The zero-order chi connectivity index (χ0) is 9.02. The van der Waals surface area contributed by atoms with Crippen molar-refractivity contribution >= 4 is 40.8 Å². The monoisotopic (exact) mass is 216 g/mol. The van der Waals surface area contributed by atoms with Crippen molar-refractivity contribution in [2.45, 2.75) is 13.3 Å². The normalized spacial score (nSPS) is 12.4. The fourth-order valence-corrected chi connectivity index (χ4v) is 0.987. The van der Waals surface area contributed by atoms with Gasteiger partial charge in [0.05, 0.1) is 11.5 Å². The molecule has 0 aromatic rings. The maximum absolute atomic E-state index is 10.2. The van der Waals surface area contributed by atoms with E-state index in [1.807, 2.05) is 0 Å². The number of allylic oxidation sites excluding steroid dienone is 1. The molecule has 0 aliphatic rings. The van der Waals surface area contributed by atoms with Gasteiger partial charge in [-0.15, -0.1) is 0 Å². The van der Waals surface area contributed by atoms with E-state index in [1.54, 1.807) is 6.92 Å². The second-order valence-electron chi connectivity index (χ2n) is 2.11. The highest BCUT2D eigenvalue weighted by molar-refractivity contribution is 6.59. The van der Waals surface area contributed by atoms with Gasteiger partial charge in [-0.3, -0.25) is 4.79 Å². The van der Waals surface area contributed by atoms with Crippen LogP contribution in [0.25, 0.3) is 0 Å². The third-order valence-corrected chi connectivity index (χ3v) is 2.26. The van der Waals surface area contributed by atoms with Crippen LogP contribution in [0, 0.1) is 5.92 Å². The molecule has 0 heterocycles. The SMILES string of the molecule is CC(CC(=O)O)C(Cl)=C(Cl)Cl. The van der Waals surface area contributed by atoms with Crippen molar-refractivity contribution in [1.82, 2.24) is 0 Å². The van der Waals surface area contributed by atoms with Crippen LogP contribution in [0.5, 0.6) is 0 Å². The molecule has 0 saturated heterocycles. The maximum Gasteiger partial charge on any atom is 0.303 e. The summed E-state index contributed by atoms with van der Waals surface area (Å²) in [6.45, 7) is 1.64. The number of rotatable bonds is 3. The van der Waals surface area contributed by atoms with Crippen molar-refractivity contribution in [1.29, 1.82) is 0 Å². The summed E-state index contributed by atoms with van der Waals surface area (Å²) in [5, 5.41) is 8.54. The summed E-state index contributed by atoms with van der Waals surface area (Å²) < 4.78 is -0.0691. The molecular weight excluding hydrogens is 210 g/mol. The van der Waals surface area contributed by atoms with Gasteiger partial charge >= 0.3 is 5.97 Å². The quantitative estimate of drug-likeness (QED) is 0.789. The molecule has 0 radical (unpaired) electrons. The molecule has 1 unspecified atom stereocenters. The van der Waals surface area contributed by atoms with E-state index in [1.165, 1.54) is 0 Å². The van der Waals surface area contributed by atoms with Crippen molar-refractivity contribution in [3.63, 3.8) is 0 Å². The van der Waals surface area contributed by atoms with Crippen molar-refractivity contribution in [2.24, 2.45) is 5.92 Å². The van der Waals surface area contributed by atoms with E-state index in [0.717, 1.165) is 0 Å². The number of carboxylic acids is 1. The first-order chi connectivity index (χ1) is 4.95. The van der Waals surface area contributed by atoms with Crippen LogP contribution < -0.4 is 0 Å².